The normalized spacial score (nSPS) is 20.2. The van der Waals surface area contributed by atoms with E-state index in [0.717, 1.165) is 18.5 Å². The van der Waals surface area contributed by atoms with Gasteiger partial charge >= 0.3 is 25.4 Å². The largest absolute Gasteiger partial charge is 2.00 e. The van der Waals surface area contributed by atoms with Crippen molar-refractivity contribution in [1.82, 2.24) is 9.55 Å². The first-order chi connectivity index (χ1) is 7.22. The van der Waals surface area contributed by atoms with E-state index >= 15 is 0 Å². The molecule has 0 spiro atoms. The van der Waals surface area contributed by atoms with Gasteiger partial charge < -0.3 is 39.6 Å². The second kappa shape index (κ2) is 10.6. The number of ether oxygens (including phenoxy) is 1. The molecule has 0 unspecified atom stereocenters. The molecule has 0 aliphatic carbocycles. The van der Waals surface area contributed by atoms with Crippen molar-refractivity contribution in [2.45, 2.75) is 19.8 Å². The third kappa shape index (κ3) is 5.38. The molecule has 1 aromatic heterocycles. The minimum absolute atomic E-state index is 0. The van der Waals surface area contributed by atoms with Crippen LogP contribution in [0.15, 0.2) is 12.5 Å². The Labute approximate surface area is 138 Å². The number of hydrogen-bond donors (Lipinski definition) is 0. The van der Waals surface area contributed by atoms with Gasteiger partial charge in [0.2, 0.25) is 0 Å². The molecule has 0 saturated carbocycles. The van der Waals surface area contributed by atoms with Crippen LogP contribution < -0.4 is 24.8 Å². The quantitative estimate of drug-likeness (QED) is 0.397. The van der Waals surface area contributed by atoms with Crippen molar-refractivity contribution in [1.29, 1.82) is 0 Å². The van der Waals surface area contributed by atoms with Crippen molar-refractivity contribution in [2.75, 3.05) is 6.61 Å². The fraction of sp³-hybridized carbons (Fsp3) is 0.636. The zero-order valence-corrected chi connectivity index (χ0v) is 15.6. The van der Waals surface area contributed by atoms with Gasteiger partial charge in [-0.1, -0.05) is 6.92 Å². The van der Waals surface area contributed by atoms with Crippen molar-refractivity contribution in [2.24, 2.45) is 18.9 Å². The molecule has 1 aliphatic heterocycles. The van der Waals surface area contributed by atoms with Crippen molar-refractivity contribution in [3.05, 3.63) is 18.2 Å². The first-order valence-electron chi connectivity index (χ1n) is 5.34. The fourth-order valence-corrected chi connectivity index (χ4v) is 2.16. The fourth-order valence-electron chi connectivity index (χ4n) is 2.16. The number of rotatable bonds is 3. The number of nitrogens with zero attached hydrogens (tertiary/aromatic N) is 2. The Hall–Kier alpha value is -0.157. The number of cyclic esters (lactones) is 1. The van der Waals surface area contributed by atoms with Gasteiger partial charge in [0.05, 0.1) is 18.9 Å². The van der Waals surface area contributed by atoms with Crippen LogP contribution in [0, 0.1) is 11.8 Å². The van der Waals surface area contributed by atoms with Crippen LogP contribution in [0.25, 0.3) is 0 Å². The van der Waals surface area contributed by atoms with E-state index < -0.39 is 0 Å². The van der Waals surface area contributed by atoms with Gasteiger partial charge in [-0.05, 0) is 12.8 Å². The standard InChI is InChI=1S/C11H16N2O2.2ClH.H2O.Zn/c1-3-10-8(6-15-11(10)14)4-9-5-12-7-13(9)2;;;;/h5,7-8,10H,3-4,6H2,1-2H3;2*1H;1H2;/q;;;;+2/p-2/t8-,10-;;;;/m0..../s1. The third-order valence-corrected chi connectivity index (χ3v) is 3.14. The first kappa shape index (κ1) is 23.9. The average Bonchev–Trinajstić information content (AvgIpc) is 2.76. The summed E-state index contributed by atoms with van der Waals surface area (Å²) < 4.78 is 7.08. The van der Waals surface area contributed by atoms with Gasteiger partial charge in [-0.15, -0.1) is 0 Å². The molecule has 0 bridgehead atoms. The minimum Gasteiger partial charge on any atom is -1.00 e. The molecule has 1 aliphatic rings. The molecule has 1 saturated heterocycles. The maximum atomic E-state index is 11.4. The van der Waals surface area contributed by atoms with Gasteiger partial charge in [-0.3, -0.25) is 4.79 Å². The molecule has 1 fully saturated rings. The summed E-state index contributed by atoms with van der Waals surface area (Å²) in [5, 5.41) is 0. The Balaban J connectivity index is -0.000000640. The van der Waals surface area contributed by atoms with Gasteiger partial charge in [0.25, 0.3) is 0 Å². The Bertz CT molecular complexity index is 377. The SMILES string of the molecule is CC[C@@H]1C(=O)OC[C@@H]1Cc1cncn1C.O.[Cl-].[Cl-].[Zn+2]. The summed E-state index contributed by atoms with van der Waals surface area (Å²) in [7, 11) is 1.97. The molecule has 19 heavy (non-hydrogen) atoms. The molecule has 2 atom stereocenters. The maximum Gasteiger partial charge on any atom is 2.00 e. The Morgan fingerprint density at radius 3 is 2.58 bits per heavy atom. The number of aryl methyl sites for hydroxylation is 1. The van der Waals surface area contributed by atoms with Gasteiger partial charge in [0.1, 0.15) is 0 Å². The van der Waals surface area contributed by atoms with Gasteiger partial charge in [0.15, 0.2) is 0 Å². The smallest absolute Gasteiger partial charge is 1.00 e. The number of halogens is 2. The topological polar surface area (TPSA) is 75.6 Å². The van der Waals surface area contributed by atoms with Crippen LogP contribution in [-0.2, 0) is 42.5 Å². The second-order valence-corrected chi connectivity index (χ2v) is 4.10. The predicted molar refractivity (Wildman–Crippen MR) is 58.8 cm³/mol. The Morgan fingerprint density at radius 1 is 1.47 bits per heavy atom. The van der Waals surface area contributed by atoms with E-state index in [4.69, 9.17) is 4.74 Å². The van der Waals surface area contributed by atoms with E-state index in [1.165, 1.54) is 0 Å². The number of esters is 1. The Morgan fingerprint density at radius 2 is 2.11 bits per heavy atom. The van der Waals surface area contributed by atoms with Crippen LogP contribution in [0.2, 0.25) is 0 Å². The van der Waals surface area contributed by atoms with Crippen molar-refractivity contribution >= 4 is 5.97 Å². The van der Waals surface area contributed by atoms with Gasteiger partial charge in [-0.2, -0.15) is 0 Å². The van der Waals surface area contributed by atoms with Crippen LogP contribution in [0.4, 0.5) is 0 Å². The summed E-state index contributed by atoms with van der Waals surface area (Å²) in [6, 6.07) is 0. The molecule has 1 aromatic rings. The first-order valence-corrected chi connectivity index (χ1v) is 5.34. The summed E-state index contributed by atoms with van der Waals surface area (Å²) in [6.45, 7) is 2.59. The van der Waals surface area contributed by atoms with Crippen LogP contribution in [0.5, 0.6) is 0 Å². The monoisotopic (exact) mass is 360 g/mol. The maximum absolute atomic E-state index is 11.4. The number of imidazole rings is 1. The van der Waals surface area contributed by atoms with Gasteiger partial charge in [-0.25, -0.2) is 4.98 Å². The van der Waals surface area contributed by atoms with E-state index in [0.29, 0.717) is 12.5 Å². The summed E-state index contributed by atoms with van der Waals surface area (Å²) in [5.41, 5.74) is 1.16. The third-order valence-electron chi connectivity index (χ3n) is 3.14. The van der Waals surface area contributed by atoms with E-state index in [2.05, 4.69) is 4.98 Å². The minimum atomic E-state index is -0.0373. The zero-order valence-electron chi connectivity index (χ0n) is 11.1. The molecule has 0 amide bonds. The number of carbonyl (C=O) groups is 1. The van der Waals surface area contributed by atoms with E-state index in [1.54, 1.807) is 6.33 Å². The van der Waals surface area contributed by atoms with Crippen LogP contribution in [0.3, 0.4) is 0 Å². The zero-order chi connectivity index (χ0) is 10.8. The summed E-state index contributed by atoms with van der Waals surface area (Å²) >= 11 is 0. The molecule has 2 N–H and O–H groups in total. The summed E-state index contributed by atoms with van der Waals surface area (Å²) in [4.78, 5) is 15.5. The molecular formula is C11H18Cl2N2O3Zn. The molecule has 2 heterocycles. The van der Waals surface area contributed by atoms with Crippen LogP contribution in [-0.4, -0.2) is 27.6 Å². The van der Waals surface area contributed by atoms with Crippen molar-refractivity contribution < 1.29 is 59.3 Å². The van der Waals surface area contributed by atoms with Gasteiger partial charge in [0, 0.05) is 24.9 Å². The summed E-state index contributed by atoms with van der Waals surface area (Å²) in [6.07, 6.45) is 5.38. The number of hydrogen-bond acceptors (Lipinski definition) is 3. The molecule has 0 radical (unpaired) electrons. The molecule has 2 rings (SSSR count). The molecule has 106 valence electrons. The molecule has 0 aromatic carbocycles. The van der Waals surface area contributed by atoms with E-state index in [-0.39, 0.29) is 61.7 Å². The molecular weight excluding hydrogens is 344 g/mol. The molecule has 8 heteroatoms. The average molecular weight is 363 g/mol. The number of aromatic nitrogens is 2. The van der Waals surface area contributed by atoms with Crippen LogP contribution in [0.1, 0.15) is 19.0 Å². The summed E-state index contributed by atoms with van der Waals surface area (Å²) in [5.74, 6) is 0.350. The van der Waals surface area contributed by atoms with Crippen molar-refractivity contribution in [3.8, 4) is 0 Å². The van der Waals surface area contributed by atoms with E-state index in [1.807, 2.05) is 24.7 Å². The number of carbonyl (C=O) groups excluding carboxylic acids is 1. The second-order valence-electron chi connectivity index (χ2n) is 4.10. The van der Waals surface area contributed by atoms with Crippen molar-refractivity contribution in [3.63, 3.8) is 0 Å². The van der Waals surface area contributed by atoms with E-state index in [9.17, 15) is 4.79 Å². The predicted octanol–water partition coefficient (Wildman–Crippen LogP) is -5.66. The van der Waals surface area contributed by atoms with Crippen LogP contribution >= 0.6 is 0 Å². The molecule has 5 nitrogen and oxygen atoms in total. The Kier molecular flexibility index (Phi) is 13.3.